The summed E-state index contributed by atoms with van der Waals surface area (Å²) >= 11 is 0. The zero-order valence-electron chi connectivity index (χ0n) is 9.81. The van der Waals surface area contributed by atoms with E-state index in [-0.39, 0.29) is 25.4 Å². The molecule has 1 N–H and O–H groups in total. The number of benzene rings is 1. The molecule has 0 aliphatic carbocycles. The predicted octanol–water partition coefficient (Wildman–Crippen LogP) is 2.67. The van der Waals surface area contributed by atoms with Crippen molar-refractivity contribution in [1.82, 2.24) is 5.32 Å². The maximum absolute atomic E-state index is 12.3. The average molecular weight is 272 g/mol. The quantitative estimate of drug-likeness (QED) is 0.380. The van der Waals surface area contributed by atoms with Crippen LogP contribution in [0.2, 0.25) is 0 Å². The fourth-order valence-corrected chi connectivity index (χ4v) is 1.35. The summed E-state index contributed by atoms with van der Waals surface area (Å²) in [6.45, 7) is 0.332. The Morgan fingerprint density at radius 2 is 1.95 bits per heavy atom. The number of carbonyl (C=O) groups is 1. The van der Waals surface area contributed by atoms with Crippen molar-refractivity contribution in [3.8, 4) is 0 Å². The Labute approximate surface area is 107 Å². The van der Waals surface area contributed by atoms with Crippen LogP contribution in [0, 0.1) is 0 Å². The van der Waals surface area contributed by atoms with Crippen molar-refractivity contribution < 1.29 is 18.0 Å². The lowest BCUT2D eigenvalue weighted by molar-refractivity contribution is -0.137. The van der Waals surface area contributed by atoms with Gasteiger partial charge in [-0.3, -0.25) is 4.79 Å². The first-order valence-corrected chi connectivity index (χ1v) is 5.37. The van der Waals surface area contributed by atoms with Gasteiger partial charge in [-0.25, -0.2) is 0 Å². The first-order chi connectivity index (χ1) is 8.93. The van der Waals surface area contributed by atoms with Gasteiger partial charge in [0.25, 0.3) is 0 Å². The van der Waals surface area contributed by atoms with E-state index in [0.29, 0.717) is 5.56 Å². The first-order valence-electron chi connectivity index (χ1n) is 5.37. The van der Waals surface area contributed by atoms with E-state index in [1.165, 1.54) is 12.1 Å². The predicted molar refractivity (Wildman–Crippen MR) is 62.2 cm³/mol. The molecule has 0 spiro atoms. The minimum absolute atomic E-state index is 0.0194. The van der Waals surface area contributed by atoms with Gasteiger partial charge in [0.2, 0.25) is 5.91 Å². The van der Waals surface area contributed by atoms with Gasteiger partial charge in [-0.05, 0) is 23.2 Å². The number of nitrogens with one attached hydrogen (secondary N) is 1. The number of amides is 1. The maximum Gasteiger partial charge on any atom is 0.416 e. The van der Waals surface area contributed by atoms with Crippen LogP contribution in [0.15, 0.2) is 29.4 Å². The number of halogens is 3. The third-order valence-electron chi connectivity index (χ3n) is 2.24. The minimum atomic E-state index is -4.38. The van der Waals surface area contributed by atoms with Gasteiger partial charge >= 0.3 is 6.18 Å². The van der Waals surface area contributed by atoms with Gasteiger partial charge in [0.1, 0.15) is 0 Å². The van der Waals surface area contributed by atoms with Crippen molar-refractivity contribution in [3.63, 3.8) is 0 Å². The highest BCUT2D eigenvalue weighted by atomic mass is 19.4. The van der Waals surface area contributed by atoms with Crippen LogP contribution < -0.4 is 5.32 Å². The fourth-order valence-electron chi connectivity index (χ4n) is 1.35. The SMILES string of the molecule is [N-]=[N+]=NCCNC(=O)Cc1ccc(C(F)(F)F)cc1. The zero-order chi connectivity index (χ0) is 14.3. The second-order valence-electron chi connectivity index (χ2n) is 3.68. The Bertz CT molecular complexity index is 478. The lowest BCUT2D eigenvalue weighted by atomic mass is 10.1. The van der Waals surface area contributed by atoms with Gasteiger partial charge in [0.05, 0.1) is 12.0 Å². The molecule has 1 aromatic carbocycles. The molecule has 0 unspecified atom stereocenters. The van der Waals surface area contributed by atoms with Crippen LogP contribution in [0.1, 0.15) is 11.1 Å². The Balaban J connectivity index is 2.49. The van der Waals surface area contributed by atoms with Gasteiger partial charge in [-0.1, -0.05) is 17.2 Å². The molecule has 19 heavy (non-hydrogen) atoms. The van der Waals surface area contributed by atoms with Crippen LogP contribution >= 0.6 is 0 Å². The lowest BCUT2D eigenvalue weighted by Crippen LogP contribution is -2.27. The Hall–Kier alpha value is -2.21. The summed E-state index contributed by atoms with van der Waals surface area (Å²) in [7, 11) is 0. The minimum Gasteiger partial charge on any atom is -0.356 e. The molecule has 5 nitrogen and oxygen atoms in total. The van der Waals surface area contributed by atoms with Crippen molar-refractivity contribution in [3.05, 3.63) is 45.8 Å². The molecular weight excluding hydrogens is 261 g/mol. The Morgan fingerprint density at radius 1 is 1.32 bits per heavy atom. The van der Waals surface area contributed by atoms with E-state index in [0.717, 1.165) is 12.1 Å². The largest absolute Gasteiger partial charge is 0.416 e. The van der Waals surface area contributed by atoms with Crippen molar-refractivity contribution in [2.75, 3.05) is 13.1 Å². The fraction of sp³-hybridized carbons (Fsp3) is 0.364. The van der Waals surface area contributed by atoms with Crippen molar-refractivity contribution in [2.24, 2.45) is 5.11 Å². The van der Waals surface area contributed by atoms with E-state index < -0.39 is 11.7 Å². The van der Waals surface area contributed by atoms with E-state index in [4.69, 9.17) is 5.53 Å². The second-order valence-corrected chi connectivity index (χ2v) is 3.68. The molecule has 0 heterocycles. The summed E-state index contributed by atoms with van der Waals surface area (Å²) < 4.78 is 36.9. The third-order valence-corrected chi connectivity index (χ3v) is 2.24. The van der Waals surface area contributed by atoms with Crippen molar-refractivity contribution in [2.45, 2.75) is 12.6 Å². The van der Waals surface area contributed by atoms with E-state index >= 15 is 0 Å². The van der Waals surface area contributed by atoms with Crippen molar-refractivity contribution >= 4 is 5.91 Å². The molecule has 0 aromatic heterocycles. The molecule has 0 aliphatic heterocycles. The summed E-state index contributed by atoms with van der Waals surface area (Å²) in [5.74, 6) is -0.340. The normalized spacial score (nSPS) is 10.7. The second kappa shape index (κ2) is 6.65. The van der Waals surface area contributed by atoms with E-state index in [2.05, 4.69) is 15.3 Å². The van der Waals surface area contributed by atoms with Crippen LogP contribution in [0.3, 0.4) is 0 Å². The molecule has 0 saturated heterocycles. The van der Waals surface area contributed by atoms with Gasteiger partial charge in [-0.15, -0.1) is 0 Å². The average Bonchev–Trinajstić information content (AvgIpc) is 2.34. The van der Waals surface area contributed by atoms with Crippen LogP contribution in [0.25, 0.3) is 10.4 Å². The molecule has 1 amide bonds. The maximum atomic E-state index is 12.3. The molecule has 1 aromatic rings. The number of alkyl halides is 3. The summed E-state index contributed by atoms with van der Waals surface area (Å²) in [6, 6.07) is 4.39. The van der Waals surface area contributed by atoms with Gasteiger partial charge in [0.15, 0.2) is 0 Å². The molecular formula is C11H11F3N4O. The standard InChI is InChI=1S/C11H11F3N4O/c12-11(13,14)9-3-1-8(2-4-9)7-10(19)16-5-6-17-18-15/h1-4H,5-7H2,(H,16,19). The number of hydrogen-bond acceptors (Lipinski definition) is 2. The Morgan fingerprint density at radius 3 is 2.47 bits per heavy atom. The number of carbonyl (C=O) groups excluding carboxylic acids is 1. The summed E-state index contributed by atoms with van der Waals surface area (Å²) in [5.41, 5.74) is 7.74. The van der Waals surface area contributed by atoms with Gasteiger partial charge < -0.3 is 5.32 Å². The molecule has 0 aliphatic rings. The van der Waals surface area contributed by atoms with Gasteiger partial charge in [0, 0.05) is 18.0 Å². The van der Waals surface area contributed by atoms with Crippen LogP contribution in [-0.4, -0.2) is 19.0 Å². The van der Waals surface area contributed by atoms with Crippen LogP contribution in [-0.2, 0) is 17.4 Å². The first kappa shape index (κ1) is 14.8. The third kappa shape index (κ3) is 5.31. The van der Waals surface area contributed by atoms with Gasteiger partial charge in [-0.2, -0.15) is 13.2 Å². The summed E-state index contributed by atoms with van der Waals surface area (Å²) in [4.78, 5) is 13.9. The van der Waals surface area contributed by atoms with E-state index in [1.54, 1.807) is 0 Å². The van der Waals surface area contributed by atoms with E-state index in [9.17, 15) is 18.0 Å². The number of azide groups is 1. The molecule has 0 atom stereocenters. The number of rotatable bonds is 5. The highest BCUT2D eigenvalue weighted by Crippen LogP contribution is 2.29. The molecule has 0 bridgehead atoms. The Kier molecular flexibility index (Phi) is 5.20. The van der Waals surface area contributed by atoms with E-state index in [1.807, 2.05) is 0 Å². The summed E-state index contributed by atoms with van der Waals surface area (Å²) in [5, 5.41) is 5.72. The molecule has 102 valence electrons. The molecule has 0 saturated carbocycles. The lowest BCUT2D eigenvalue weighted by Gasteiger charge is -2.07. The smallest absolute Gasteiger partial charge is 0.356 e. The molecule has 8 heteroatoms. The highest BCUT2D eigenvalue weighted by Gasteiger charge is 2.29. The monoisotopic (exact) mass is 272 g/mol. The summed E-state index contributed by atoms with van der Waals surface area (Å²) in [6.07, 6.45) is -4.40. The highest BCUT2D eigenvalue weighted by molar-refractivity contribution is 5.78. The van der Waals surface area contributed by atoms with Crippen molar-refractivity contribution in [1.29, 1.82) is 0 Å². The number of hydrogen-bond donors (Lipinski definition) is 1. The zero-order valence-corrected chi connectivity index (χ0v) is 9.81. The number of nitrogens with zero attached hydrogens (tertiary/aromatic N) is 3. The van der Waals surface area contributed by atoms with Crippen LogP contribution in [0.4, 0.5) is 13.2 Å². The molecule has 1 rings (SSSR count). The van der Waals surface area contributed by atoms with Crippen LogP contribution in [0.5, 0.6) is 0 Å². The topological polar surface area (TPSA) is 77.9 Å². The molecule has 0 fully saturated rings. The molecule has 0 radical (unpaired) electrons.